The van der Waals surface area contributed by atoms with Crippen molar-refractivity contribution in [2.75, 3.05) is 0 Å². The van der Waals surface area contributed by atoms with E-state index in [1.165, 1.54) is 12.1 Å². The van der Waals surface area contributed by atoms with Crippen molar-refractivity contribution in [3.8, 4) is 17.1 Å². The Labute approximate surface area is 96.8 Å². The molecule has 17 heavy (non-hydrogen) atoms. The lowest BCUT2D eigenvalue weighted by atomic mass is 10.2. The molecule has 3 aromatic rings. The van der Waals surface area contributed by atoms with E-state index in [9.17, 15) is 9.50 Å². The fourth-order valence-electron chi connectivity index (χ4n) is 1.82. The topological polar surface area (TPSA) is 37.5 Å². The molecule has 3 rings (SSSR count). The largest absolute Gasteiger partial charge is 0.506 e. The van der Waals surface area contributed by atoms with Crippen LogP contribution in [0.1, 0.15) is 0 Å². The normalized spacial score (nSPS) is 10.9. The van der Waals surface area contributed by atoms with Gasteiger partial charge in [-0.15, -0.1) is 0 Å². The van der Waals surface area contributed by atoms with Gasteiger partial charge in [-0.2, -0.15) is 0 Å². The Kier molecular flexibility index (Phi) is 2.08. The Morgan fingerprint density at radius 1 is 1.12 bits per heavy atom. The van der Waals surface area contributed by atoms with Gasteiger partial charge < -0.3 is 5.11 Å². The summed E-state index contributed by atoms with van der Waals surface area (Å²) in [5, 5.41) is 9.65. The van der Waals surface area contributed by atoms with Crippen LogP contribution in [0, 0.1) is 5.82 Å². The minimum absolute atomic E-state index is 0.174. The predicted molar refractivity (Wildman–Crippen MR) is 62.3 cm³/mol. The van der Waals surface area contributed by atoms with Gasteiger partial charge in [-0.05, 0) is 36.4 Å². The first-order valence-electron chi connectivity index (χ1n) is 5.17. The monoisotopic (exact) mass is 228 g/mol. The van der Waals surface area contributed by atoms with Gasteiger partial charge in [0.2, 0.25) is 0 Å². The molecule has 0 saturated heterocycles. The first kappa shape index (κ1) is 9.84. The van der Waals surface area contributed by atoms with Gasteiger partial charge in [-0.1, -0.05) is 0 Å². The summed E-state index contributed by atoms with van der Waals surface area (Å²) in [7, 11) is 0. The summed E-state index contributed by atoms with van der Waals surface area (Å²) in [6, 6.07) is 9.43. The summed E-state index contributed by atoms with van der Waals surface area (Å²) >= 11 is 0. The van der Waals surface area contributed by atoms with Gasteiger partial charge in [0, 0.05) is 11.8 Å². The van der Waals surface area contributed by atoms with E-state index in [-0.39, 0.29) is 11.6 Å². The van der Waals surface area contributed by atoms with Crippen LogP contribution >= 0.6 is 0 Å². The molecule has 4 heteroatoms. The number of pyridine rings is 1. The third kappa shape index (κ3) is 1.54. The van der Waals surface area contributed by atoms with E-state index in [0.29, 0.717) is 11.3 Å². The van der Waals surface area contributed by atoms with E-state index in [4.69, 9.17) is 0 Å². The molecule has 0 amide bonds. The Morgan fingerprint density at radius 3 is 2.65 bits per heavy atom. The molecular formula is C13H9FN2O. The summed E-state index contributed by atoms with van der Waals surface area (Å²) in [5.74, 6) is 0.571. The Balaban J connectivity index is 2.24. The fourth-order valence-corrected chi connectivity index (χ4v) is 1.82. The average Bonchev–Trinajstić information content (AvgIpc) is 2.75. The van der Waals surface area contributed by atoms with Gasteiger partial charge in [0.15, 0.2) is 0 Å². The molecule has 0 fully saturated rings. The second kappa shape index (κ2) is 3.59. The smallest absolute Gasteiger partial charge is 0.144 e. The molecule has 1 aromatic carbocycles. The van der Waals surface area contributed by atoms with E-state index in [2.05, 4.69) is 4.98 Å². The van der Waals surface area contributed by atoms with Crippen LogP contribution in [0.4, 0.5) is 4.39 Å². The molecule has 0 aliphatic carbocycles. The molecule has 1 N–H and O–H groups in total. The summed E-state index contributed by atoms with van der Waals surface area (Å²) in [4.78, 5) is 4.24. The van der Waals surface area contributed by atoms with E-state index >= 15 is 0 Å². The quantitative estimate of drug-likeness (QED) is 0.695. The van der Waals surface area contributed by atoms with Crippen molar-refractivity contribution < 1.29 is 9.50 Å². The standard InChI is InChI=1S/C13H9FN2O/c14-10-5-3-9(4-6-10)13-15-8-11-12(17)2-1-7-16(11)13/h1-8,17H. The number of rotatable bonds is 1. The third-order valence-corrected chi connectivity index (χ3v) is 2.65. The van der Waals surface area contributed by atoms with Crippen molar-refractivity contribution in [1.82, 2.24) is 9.38 Å². The van der Waals surface area contributed by atoms with Crippen molar-refractivity contribution in [2.45, 2.75) is 0 Å². The van der Waals surface area contributed by atoms with Crippen molar-refractivity contribution >= 4 is 5.52 Å². The Hall–Kier alpha value is -2.36. The predicted octanol–water partition coefficient (Wildman–Crippen LogP) is 2.85. The molecule has 0 atom stereocenters. The molecule has 0 aliphatic rings. The Bertz CT molecular complexity index is 673. The van der Waals surface area contributed by atoms with Crippen LogP contribution in [0.2, 0.25) is 0 Å². The molecule has 0 spiro atoms. The van der Waals surface area contributed by atoms with Crippen LogP contribution in [0.15, 0.2) is 48.8 Å². The van der Waals surface area contributed by atoms with Crippen molar-refractivity contribution in [2.24, 2.45) is 0 Å². The average molecular weight is 228 g/mol. The second-order valence-corrected chi connectivity index (χ2v) is 3.74. The summed E-state index contributed by atoms with van der Waals surface area (Å²) in [5.41, 5.74) is 1.43. The molecule has 3 nitrogen and oxygen atoms in total. The zero-order chi connectivity index (χ0) is 11.8. The van der Waals surface area contributed by atoms with Gasteiger partial charge in [-0.25, -0.2) is 9.37 Å². The third-order valence-electron chi connectivity index (χ3n) is 2.65. The van der Waals surface area contributed by atoms with Crippen LogP contribution in [-0.4, -0.2) is 14.5 Å². The zero-order valence-corrected chi connectivity index (χ0v) is 8.84. The van der Waals surface area contributed by atoms with Crippen LogP contribution in [0.5, 0.6) is 5.75 Å². The summed E-state index contributed by atoms with van der Waals surface area (Å²) in [6.07, 6.45) is 3.40. The fraction of sp³-hybridized carbons (Fsp3) is 0. The number of imidazole rings is 1. The molecule has 0 unspecified atom stereocenters. The molecule has 2 heterocycles. The number of halogens is 1. The van der Waals surface area contributed by atoms with Gasteiger partial charge in [0.1, 0.15) is 22.9 Å². The maximum absolute atomic E-state index is 12.8. The molecule has 0 saturated carbocycles. The van der Waals surface area contributed by atoms with Crippen LogP contribution in [-0.2, 0) is 0 Å². The van der Waals surface area contributed by atoms with Gasteiger partial charge in [-0.3, -0.25) is 4.40 Å². The minimum Gasteiger partial charge on any atom is -0.506 e. The van der Waals surface area contributed by atoms with Gasteiger partial charge >= 0.3 is 0 Å². The maximum Gasteiger partial charge on any atom is 0.144 e. The van der Waals surface area contributed by atoms with Crippen LogP contribution in [0.3, 0.4) is 0 Å². The highest BCUT2D eigenvalue weighted by Gasteiger charge is 2.08. The van der Waals surface area contributed by atoms with E-state index in [1.54, 1.807) is 41.1 Å². The molecule has 0 aliphatic heterocycles. The molecule has 0 bridgehead atoms. The molecular weight excluding hydrogens is 219 g/mol. The number of fused-ring (bicyclic) bond motifs is 1. The van der Waals surface area contributed by atoms with Crippen LogP contribution < -0.4 is 0 Å². The number of aromatic hydroxyl groups is 1. The molecule has 84 valence electrons. The minimum atomic E-state index is -0.280. The highest BCUT2D eigenvalue weighted by Crippen LogP contribution is 2.24. The molecule has 0 radical (unpaired) electrons. The summed E-state index contributed by atoms with van der Waals surface area (Å²) < 4.78 is 14.6. The van der Waals surface area contributed by atoms with Crippen molar-refractivity contribution in [3.05, 3.63) is 54.6 Å². The van der Waals surface area contributed by atoms with Gasteiger partial charge in [0.05, 0.1) is 6.20 Å². The highest BCUT2D eigenvalue weighted by molar-refractivity contribution is 5.66. The first-order chi connectivity index (χ1) is 8.25. The van der Waals surface area contributed by atoms with Crippen LogP contribution in [0.25, 0.3) is 16.9 Å². The number of benzene rings is 1. The van der Waals surface area contributed by atoms with Crippen molar-refractivity contribution in [1.29, 1.82) is 0 Å². The number of aromatic nitrogens is 2. The lowest BCUT2D eigenvalue weighted by Gasteiger charge is -2.02. The van der Waals surface area contributed by atoms with E-state index in [1.807, 2.05) is 0 Å². The SMILES string of the molecule is Oc1cccn2c(-c3ccc(F)cc3)ncc12. The van der Waals surface area contributed by atoms with E-state index < -0.39 is 0 Å². The van der Waals surface area contributed by atoms with Gasteiger partial charge in [0.25, 0.3) is 0 Å². The number of hydrogen-bond donors (Lipinski definition) is 1. The highest BCUT2D eigenvalue weighted by atomic mass is 19.1. The second-order valence-electron chi connectivity index (χ2n) is 3.74. The number of nitrogens with zero attached hydrogens (tertiary/aromatic N) is 2. The zero-order valence-electron chi connectivity index (χ0n) is 8.84. The summed E-state index contributed by atoms with van der Waals surface area (Å²) in [6.45, 7) is 0. The maximum atomic E-state index is 12.8. The van der Waals surface area contributed by atoms with Crippen molar-refractivity contribution in [3.63, 3.8) is 0 Å². The lowest BCUT2D eigenvalue weighted by molar-refractivity contribution is 0.479. The number of hydrogen-bond acceptors (Lipinski definition) is 2. The van der Waals surface area contributed by atoms with E-state index in [0.717, 1.165) is 5.56 Å². The lowest BCUT2D eigenvalue weighted by Crippen LogP contribution is -1.89. The first-order valence-corrected chi connectivity index (χ1v) is 5.17. The molecule has 2 aromatic heterocycles. The Morgan fingerprint density at radius 2 is 1.88 bits per heavy atom.